The fraction of sp³-hybridized carbons (Fsp3) is 0.571. The lowest BCUT2D eigenvalue weighted by atomic mass is 10.1. The molecule has 2 N–H and O–H groups in total. The van der Waals surface area contributed by atoms with Gasteiger partial charge in [0.25, 0.3) is 0 Å². The zero-order valence-electron chi connectivity index (χ0n) is 10.2. The Morgan fingerprint density at radius 2 is 2.28 bits per heavy atom. The Balaban J connectivity index is 1.45. The van der Waals surface area contributed by atoms with E-state index in [2.05, 4.69) is 5.32 Å². The van der Waals surface area contributed by atoms with Crippen molar-refractivity contribution in [1.82, 2.24) is 5.32 Å². The van der Waals surface area contributed by atoms with Crippen LogP contribution in [0.2, 0.25) is 0 Å². The van der Waals surface area contributed by atoms with Gasteiger partial charge in [-0.15, -0.1) is 0 Å². The van der Waals surface area contributed by atoms with E-state index in [0.717, 1.165) is 30.6 Å². The van der Waals surface area contributed by atoms with Gasteiger partial charge in [-0.25, -0.2) is 4.39 Å². The largest absolute Gasteiger partial charge is 0.488 e. The Kier molecular flexibility index (Phi) is 3.22. The van der Waals surface area contributed by atoms with Gasteiger partial charge in [0.2, 0.25) is 0 Å². The van der Waals surface area contributed by atoms with Crippen molar-refractivity contribution in [2.24, 2.45) is 5.92 Å². The number of aliphatic hydroxyl groups is 1. The maximum atomic E-state index is 13.0. The number of benzene rings is 1. The van der Waals surface area contributed by atoms with Gasteiger partial charge in [-0.05, 0) is 37.0 Å². The maximum absolute atomic E-state index is 13.0. The Morgan fingerprint density at radius 1 is 1.44 bits per heavy atom. The summed E-state index contributed by atoms with van der Waals surface area (Å²) in [5.41, 5.74) is 0.935. The second-order valence-corrected chi connectivity index (χ2v) is 5.26. The van der Waals surface area contributed by atoms with Crippen LogP contribution in [0.5, 0.6) is 5.75 Å². The molecular formula is C14H18FNO2. The second-order valence-electron chi connectivity index (χ2n) is 5.26. The summed E-state index contributed by atoms with van der Waals surface area (Å²) in [5.74, 6) is 1.06. The van der Waals surface area contributed by atoms with Crippen LogP contribution in [-0.2, 0) is 6.42 Å². The van der Waals surface area contributed by atoms with E-state index < -0.39 is 0 Å². The molecule has 0 saturated heterocycles. The normalized spacial score (nSPS) is 23.6. The predicted molar refractivity (Wildman–Crippen MR) is 66.1 cm³/mol. The van der Waals surface area contributed by atoms with E-state index in [4.69, 9.17) is 4.74 Å². The molecule has 18 heavy (non-hydrogen) atoms. The average molecular weight is 251 g/mol. The van der Waals surface area contributed by atoms with Gasteiger partial charge in [-0.2, -0.15) is 0 Å². The second kappa shape index (κ2) is 4.86. The molecule has 1 aromatic carbocycles. The third kappa shape index (κ3) is 2.65. The molecule has 0 amide bonds. The Bertz CT molecular complexity index is 434. The highest BCUT2D eigenvalue weighted by Gasteiger charge is 2.29. The van der Waals surface area contributed by atoms with E-state index in [1.807, 2.05) is 0 Å². The molecule has 0 spiro atoms. The van der Waals surface area contributed by atoms with E-state index in [0.29, 0.717) is 19.0 Å². The molecule has 1 aliphatic carbocycles. The van der Waals surface area contributed by atoms with Crippen LogP contribution in [-0.4, -0.2) is 30.4 Å². The summed E-state index contributed by atoms with van der Waals surface area (Å²) in [5, 5.41) is 12.9. The first-order valence-corrected chi connectivity index (χ1v) is 6.56. The highest BCUT2D eigenvalue weighted by atomic mass is 19.1. The summed E-state index contributed by atoms with van der Waals surface area (Å²) < 4.78 is 18.7. The first kappa shape index (κ1) is 11.9. The molecule has 2 atom stereocenters. The SMILES string of the molecule is OC(CNCC1Cc2cc(F)ccc2O1)C1CC1. The number of fused-ring (bicyclic) bond motifs is 1. The maximum Gasteiger partial charge on any atom is 0.123 e. The van der Waals surface area contributed by atoms with Gasteiger partial charge in [0.05, 0.1) is 6.10 Å². The van der Waals surface area contributed by atoms with Crippen molar-refractivity contribution in [1.29, 1.82) is 0 Å². The third-order valence-corrected chi connectivity index (χ3v) is 3.66. The first-order chi connectivity index (χ1) is 8.72. The summed E-state index contributed by atoms with van der Waals surface area (Å²) >= 11 is 0. The molecule has 1 aromatic rings. The van der Waals surface area contributed by atoms with Crippen molar-refractivity contribution >= 4 is 0 Å². The zero-order chi connectivity index (χ0) is 12.5. The van der Waals surface area contributed by atoms with Gasteiger partial charge in [0.15, 0.2) is 0 Å². The Morgan fingerprint density at radius 3 is 3.06 bits per heavy atom. The molecule has 3 nitrogen and oxygen atoms in total. The molecule has 1 fully saturated rings. The van der Waals surface area contributed by atoms with Crippen molar-refractivity contribution < 1.29 is 14.2 Å². The van der Waals surface area contributed by atoms with Crippen molar-refractivity contribution in [3.8, 4) is 5.75 Å². The third-order valence-electron chi connectivity index (χ3n) is 3.66. The lowest BCUT2D eigenvalue weighted by Gasteiger charge is -2.14. The molecule has 0 bridgehead atoms. The number of rotatable bonds is 5. The summed E-state index contributed by atoms with van der Waals surface area (Å²) in [7, 11) is 0. The number of hydrogen-bond donors (Lipinski definition) is 2. The molecule has 1 heterocycles. The van der Waals surface area contributed by atoms with Crippen LogP contribution in [0, 0.1) is 11.7 Å². The van der Waals surface area contributed by atoms with Crippen LogP contribution in [0.25, 0.3) is 0 Å². The summed E-state index contributed by atoms with van der Waals surface area (Å²) in [6.45, 7) is 1.31. The van der Waals surface area contributed by atoms with E-state index >= 15 is 0 Å². The van der Waals surface area contributed by atoms with E-state index in [9.17, 15) is 9.50 Å². The fourth-order valence-corrected chi connectivity index (χ4v) is 2.44. The lowest BCUT2D eigenvalue weighted by molar-refractivity contribution is 0.141. The van der Waals surface area contributed by atoms with Crippen LogP contribution in [0.3, 0.4) is 0 Å². The van der Waals surface area contributed by atoms with Gasteiger partial charge in [-0.1, -0.05) is 0 Å². The topological polar surface area (TPSA) is 41.5 Å². The standard InChI is InChI=1S/C14H18FNO2/c15-11-3-4-14-10(5-11)6-12(18-14)7-16-8-13(17)9-1-2-9/h3-5,9,12-13,16-17H,1-2,6-8H2. The highest BCUT2D eigenvalue weighted by molar-refractivity contribution is 5.37. The predicted octanol–water partition coefficient (Wildman–Crippen LogP) is 1.49. The molecule has 2 aliphatic rings. The van der Waals surface area contributed by atoms with Crippen molar-refractivity contribution in [2.45, 2.75) is 31.5 Å². The van der Waals surface area contributed by atoms with Gasteiger partial charge in [0.1, 0.15) is 17.7 Å². The van der Waals surface area contributed by atoms with Crippen molar-refractivity contribution in [2.75, 3.05) is 13.1 Å². The molecule has 0 radical (unpaired) electrons. The average Bonchev–Trinajstić information content (AvgIpc) is 3.11. The molecule has 98 valence electrons. The lowest BCUT2D eigenvalue weighted by Crippen LogP contribution is -2.35. The zero-order valence-corrected chi connectivity index (χ0v) is 10.2. The van der Waals surface area contributed by atoms with E-state index in [1.54, 1.807) is 6.07 Å². The summed E-state index contributed by atoms with van der Waals surface area (Å²) in [6.07, 6.45) is 2.85. The van der Waals surface area contributed by atoms with Crippen LogP contribution < -0.4 is 10.1 Å². The minimum absolute atomic E-state index is 0.0493. The first-order valence-electron chi connectivity index (χ1n) is 6.56. The van der Waals surface area contributed by atoms with Gasteiger partial charge in [-0.3, -0.25) is 0 Å². The van der Waals surface area contributed by atoms with Crippen LogP contribution in [0.15, 0.2) is 18.2 Å². The van der Waals surface area contributed by atoms with Crippen LogP contribution in [0.4, 0.5) is 4.39 Å². The van der Waals surface area contributed by atoms with Crippen molar-refractivity contribution in [3.63, 3.8) is 0 Å². The van der Waals surface area contributed by atoms with Crippen LogP contribution in [0.1, 0.15) is 18.4 Å². The van der Waals surface area contributed by atoms with E-state index in [-0.39, 0.29) is 18.0 Å². The van der Waals surface area contributed by atoms with E-state index in [1.165, 1.54) is 12.1 Å². The fourth-order valence-electron chi connectivity index (χ4n) is 2.44. The number of nitrogens with one attached hydrogen (secondary N) is 1. The Labute approximate surface area is 106 Å². The Hall–Kier alpha value is -1.13. The number of halogens is 1. The molecule has 3 rings (SSSR count). The molecular weight excluding hydrogens is 233 g/mol. The van der Waals surface area contributed by atoms with Gasteiger partial charge >= 0.3 is 0 Å². The van der Waals surface area contributed by atoms with Gasteiger partial charge in [0, 0.05) is 25.1 Å². The van der Waals surface area contributed by atoms with Gasteiger partial charge < -0.3 is 15.2 Å². The number of hydrogen-bond acceptors (Lipinski definition) is 3. The monoisotopic (exact) mass is 251 g/mol. The summed E-state index contributed by atoms with van der Waals surface area (Å²) in [6, 6.07) is 4.64. The van der Waals surface area contributed by atoms with Crippen LogP contribution >= 0.6 is 0 Å². The molecule has 1 saturated carbocycles. The quantitative estimate of drug-likeness (QED) is 0.833. The minimum atomic E-state index is -0.230. The van der Waals surface area contributed by atoms with Crippen molar-refractivity contribution in [3.05, 3.63) is 29.6 Å². The molecule has 0 aromatic heterocycles. The minimum Gasteiger partial charge on any atom is -0.488 e. The molecule has 1 aliphatic heterocycles. The molecule has 4 heteroatoms. The number of aliphatic hydroxyl groups excluding tert-OH is 1. The smallest absolute Gasteiger partial charge is 0.123 e. The number of ether oxygens (including phenoxy) is 1. The highest BCUT2D eigenvalue weighted by Crippen LogP contribution is 2.32. The summed E-state index contributed by atoms with van der Waals surface area (Å²) in [4.78, 5) is 0. The molecule has 2 unspecified atom stereocenters.